The Kier molecular flexibility index (Phi) is 17.9. The van der Waals surface area contributed by atoms with Gasteiger partial charge in [0.05, 0.1) is 0 Å². The molecule has 0 fully saturated rings. The van der Waals surface area contributed by atoms with Gasteiger partial charge in [-0.25, -0.2) is 6.07 Å². The molecule has 0 heterocycles. The second-order valence-electron chi connectivity index (χ2n) is 20.7. The molecule has 0 spiro atoms. The third-order valence-electron chi connectivity index (χ3n) is 10.6. The molecular formula is C53H66Cl4Zr-2. The van der Waals surface area contributed by atoms with Gasteiger partial charge in [-0.2, -0.15) is 41.0 Å². The number of fused-ring (bicyclic) bond motifs is 3. The van der Waals surface area contributed by atoms with E-state index in [0.717, 1.165) is 22.9 Å². The zero-order valence-corrected chi connectivity index (χ0v) is 43.5. The Labute approximate surface area is 390 Å². The van der Waals surface area contributed by atoms with Crippen LogP contribution in [0.4, 0.5) is 0 Å². The molecule has 312 valence electrons. The van der Waals surface area contributed by atoms with Crippen LogP contribution in [0, 0.1) is 6.07 Å². The minimum absolute atomic E-state index is 0. The quantitative estimate of drug-likeness (QED) is 0.155. The van der Waals surface area contributed by atoms with Gasteiger partial charge >= 0.3 is 120 Å². The van der Waals surface area contributed by atoms with E-state index >= 15 is 0 Å². The van der Waals surface area contributed by atoms with Gasteiger partial charge in [-0.15, -0.1) is 16.7 Å². The minimum atomic E-state index is 0. The van der Waals surface area contributed by atoms with Crippen molar-refractivity contribution in [3.63, 3.8) is 0 Å². The van der Waals surface area contributed by atoms with E-state index in [9.17, 15) is 0 Å². The van der Waals surface area contributed by atoms with E-state index in [1.54, 1.807) is 0 Å². The van der Waals surface area contributed by atoms with Crippen molar-refractivity contribution >= 4 is 26.4 Å². The molecular weight excluding hydrogens is 870 g/mol. The summed E-state index contributed by atoms with van der Waals surface area (Å²) in [5.74, 6) is 0. The monoisotopic (exact) mass is 932 g/mol. The van der Waals surface area contributed by atoms with Crippen molar-refractivity contribution < 1.29 is 49.0 Å². The Morgan fingerprint density at radius 2 is 1.02 bits per heavy atom. The zero-order chi connectivity index (χ0) is 42.2. The van der Waals surface area contributed by atoms with Crippen molar-refractivity contribution in [2.45, 2.75) is 151 Å². The number of rotatable bonds is 3. The molecule has 0 unspecified atom stereocenters. The van der Waals surface area contributed by atoms with E-state index in [0.29, 0.717) is 5.41 Å². The van der Waals surface area contributed by atoms with Gasteiger partial charge in [0.2, 0.25) is 0 Å². The van der Waals surface area contributed by atoms with Crippen LogP contribution in [0.25, 0.3) is 11.1 Å². The Morgan fingerprint density at radius 3 is 1.38 bits per heavy atom. The van der Waals surface area contributed by atoms with Gasteiger partial charge in [-0.1, -0.05) is 146 Å². The molecule has 0 amide bonds. The molecule has 1 aliphatic rings. The third kappa shape index (κ3) is 13.3. The molecule has 58 heavy (non-hydrogen) atoms. The van der Waals surface area contributed by atoms with Gasteiger partial charge in [0, 0.05) is 0 Å². The van der Waals surface area contributed by atoms with E-state index < -0.39 is 0 Å². The van der Waals surface area contributed by atoms with E-state index in [1.807, 2.05) is 48.5 Å². The second kappa shape index (κ2) is 19.9. The molecule has 0 atom stereocenters. The summed E-state index contributed by atoms with van der Waals surface area (Å²) in [6.07, 6.45) is 2.15. The molecule has 0 N–H and O–H groups in total. The maximum absolute atomic E-state index is 5.86. The first kappa shape index (κ1) is 52.3. The third-order valence-corrected chi connectivity index (χ3v) is 12.5. The van der Waals surface area contributed by atoms with Crippen LogP contribution in [0.5, 0.6) is 0 Å². The summed E-state index contributed by atoms with van der Waals surface area (Å²) < 4.78 is 1.31. The number of halogens is 4. The summed E-state index contributed by atoms with van der Waals surface area (Å²) in [5, 5.41) is 1.53. The van der Waals surface area contributed by atoms with Crippen LogP contribution in [0.1, 0.15) is 166 Å². The van der Waals surface area contributed by atoms with Crippen LogP contribution in [-0.2, 0) is 64.2 Å². The first-order valence-corrected chi connectivity index (χ1v) is 22.2. The molecule has 0 saturated carbocycles. The van der Waals surface area contributed by atoms with Crippen molar-refractivity contribution in [1.82, 2.24) is 0 Å². The molecule has 0 aromatic heterocycles. The van der Waals surface area contributed by atoms with Crippen LogP contribution in [0.15, 0.2) is 84.9 Å². The van der Waals surface area contributed by atoms with Crippen molar-refractivity contribution in [3.05, 3.63) is 157 Å². The zero-order valence-electron chi connectivity index (χ0n) is 38.0. The van der Waals surface area contributed by atoms with E-state index in [4.69, 9.17) is 23.2 Å². The predicted octanol–water partition coefficient (Wildman–Crippen LogP) is 9.63. The molecule has 1 aliphatic carbocycles. The Bertz CT molecular complexity index is 2000. The van der Waals surface area contributed by atoms with Crippen molar-refractivity contribution in [1.29, 1.82) is 0 Å². The Hall–Kier alpha value is -1.86. The number of hydrogen-bond donors (Lipinski definition) is 0. The van der Waals surface area contributed by atoms with E-state index in [2.05, 4.69) is 153 Å². The molecule has 6 rings (SSSR count). The smallest absolute Gasteiger partial charge is 1.00 e. The number of aryl methyl sites for hydroxylation is 1. The summed E-state index contributed by atoms with van der Waals surface area (Å²) in [6, 6.07) is 34.0. The van der Waals surface area contributed by atoms with Gasteiger partial charge in [0.25, 0.3) is 0 Å². The van der Waals surface area contributed by atoms with Crippen LogP contribution in [-0.4, -0.2) is 3.21 Å². The fourth-order valence-corrected chi connectivity index (χ4v) is 8.28. The Balaban J connectivity index is 0.000000336. The summed E-state index contributed by atoms with van der Waals surface area (Å²) in [6.45, 7) is 36.9. The maximum atomic E-state index is 5.86. The van der Waals surface area contributed by atoms with Gasteiger partial charge < -0.3 is 24.8 Å². The molecule has 0 radical (unpaired) electrons. The van der Waals surface area contributed by atoms with Crippen molar-refractivity contribution in [3.8, 4) is 11.1 Å². The standard InChI is InChI=1S/C29H41.C13H8Cl2.C11H17.2ClH.Zr/c1-26(2,3)22-14-18-13-19-15-23(27(4,5)6)25(29(10,11)12)17-21(19)20(18)16-24(22)28(7,8)9;14-12-5-1-10(2-6-12)9-11-3-7-13(15)8-4-11;1-5-9-6-7-10(8-9)11(2,3)4;;;/h14,16-17H,13H2,1-12H3;1-8H;6-8H,5H2,1-4H3;2*1H;/q-1;;-1;;;+2/p-2. The molecule has 0 saturated heterocycles. The van der Waals surface area contributed by atoms with Crippen LogP contribution >= 0.6 is 23.2 Å². The molecule has 0 aliphatic heterocycles. The molecule has 5 aromatic carbocycles. The van der Waals surface area contributed by atoms with E-state index in [-0.39, 0.29) is 46.5 Å². The number of benzene rings is 4. The van der Waals surface area contributed by atoms with Gasteiger partial charge in [0.1, 0.15) is 0 Å². The van der Waals surface area contributed by atoms with E-state index in [1.165, 1.54) is 94.2 Å². The fourth-order valence-electron chi connectivity index (χ4n) is 7.20. The summed E-state index contributed by atoms with van der Waals surface area (Å²) in [4.78, 5) is 0. The van der Waals surface area contributed by atoms with Crippen LogP contribution in [0.2, 0.25) is 10.0 Å². The van der Waals surface area contributed by atoms with Gasteiger partial charge in [-0.05, 0) is 39.4 Å². The van der Waals surface area contributed by atoms with Gasteiger partial charge in [-0.3, -0.25) is 0 Å². The van der Waals surface area contributed by atoms with Crippen LogP contribution in [0.3, 0.4) is 0 Å². The summed E-state index contributed by atoms with van der Waals surface area (Å²) >= 11 is 13.1. The normalized spacial score (nSPS) is 12.5. The first-order valence-electron chi connectivity index (χ1n) is 20.3. The summed E-state index contributed by atoms with van der Waals surface area (Å²) in [7, 11) is 0. The largest absolute Gasteiger partial charge is 1.00 e. The maximum Gasteiger partial charge on any atom is -1.00 e. The molecule has 0 bridgehead atoms. The minimum Gasteiger partial charge on any atom is -1.00 e. The molecule has 5 heteroatoms. The average Bonchev–Trinajstić information content (AvgIpc) is 3.72. The predicted molar refractivity (Wildman–Crippen MR) is 245 cm³/mol. The molecule has 0 nitrogen and oxygen atoms in total. The SMILES string of the molecule is CC(C)(C)c1[c-]c2c(cc1C(C)(C)C)-c1cc(C(C)(C)C)c(C(C)(C)C)cc1C2.CCc1cc(C(C)(C)C)c[cH-]1.Clc1ccc([C](=[Zr+2])c2ccc(Cl)cc2)cc1.[Cl-].[Cl-]. The average molecular weight is 936 g/mol. The first-order chi connectivity index (χ1) is 25.6. The second-order valence-corrected chi connectivity index (χ2v) is 22.8. The molecule has 5 aromatic rings. The Morgan fingerprint density at radius 1 is 0.586 bits per heavy atom. The summed E-state index contributed by atoms with van der Waals surface area (Å²) in [5.41, 5.74) is 17.6. The van der Waals surface area contributed by atoms with Crippen molar-refractivity contribution in [2.75, 3.05) is 0 Å². The number of hydrogen-bond acceptors (Lipinski definition) is 0. The topological polar surface area (TPSA) is 0 Å². The van der Waals surface area contributed by atoms with Crippen LogP contribution < -0.4 is 24.8 Å². The van der Waals surface area contributed by atoms with Gasteiger partial charge in [0.15, 0.2) is 0 Å². The fraction of sp³-hybridized carbons (Fsp3) is 0.434. The van der Waals surface area contributed by atoms with Crippen molar-refractivity contribution in [2.24, 2.45) is 0 Å².